The summed E-state index contributed by atoms with van der Waals surface area (Å²) in [5, 5.41) is 13.7. The van der Waals surface area contributed by atoms with Crippen LogP contribution >= 0.6 is 0 Å². The average molecular weight is 281 g/mol. The number of methoxy groups -OCH3 is 1. The molecule has 20 heavy (non-hydrogen) atoms. The summed E-state index contributed by atoms with van der Waals surface area (Å²) in [6, 6.07) is 2.51. The van der Waals surface area contributed by atoms with Gasteiger partial charge >= 0.3 is 5.97 Å². The molecule has 0 radical (unpaired) electrons. The van der Waals surface area contributed by atoms with Gasteiger partial charge in [-0.3, -0.25) is 9.59 Å². The van der Waals surface area contributed by atoms with Gasteiger partial charge < -0.3 is 20.5 Å². The van der Waals surface area contributed by atoms with Crippen LogP contribution in [0.5, 0.6) is 0 Å². The maximum absolute atomic E-state index is 11.7. The van der Waals surface area contributed by atoms with Crippen LogP contribution in [0.15, 0.2) is 18.3 Å². The third-order valence-electron chi connectivity index (χ3n) is 2.28. The Kier molecular flexibility index (Phi) is 6.11. The van der Waals surface area contributed by atoms with Gasteiger partial charge in [-0.15, -0.1) is 0 Å². The highest BCUT2D eigenvalue weighted by Gasteiger charge is 2.11. The van der Waals surface area contributed by atoms with Gasteiger partial charge in [0, 0.05) is 25.4 Å². The molecule has 0 saturated heterocycles. The third kappa shape index (κ3) is 5.02. The van der Waals surface area contributed by atoms with Crippen LogP contribution in [-0.2, 0) is 9.53 Å². The van der Waals surface area contributed by atoms with E-state index in [1.165, 1.54) is 19.4 Å². The van der Waals surface area contributed by atoms with Crippen LogP contribution in [0, 0.1) is 0 Å². The number of nitrogens with one attached hydrogen (secondary N) is 2. The summed E-state index contributed by atoms with van der Waals surface area (Å²) < 4.78 is 4.76. The highest BCUT2D eigenvalue weighted by atomic mass is 16.5. The van der Waals surface area contributed by atoms with E-state index in [1.807, 2.05) is 0 Å². The van der Waals surface area contributed by atoms with Gasteiger partial charge in [-0.25, -0.2) is 9.78 Å². The van der Waals surface area contributed by atoms with Crippen LogP contribution in [0.3, 0.4) is 0 Å². The molecule has 1 rings (SSSR count). The number of ether oxygens (including phenoxy) is 1. The van der Waals surface area contributed by atoms with Gasteiger partial charge in [-0.2, -0.15) is 0 Å². The lowest BCUT2D eigenvalue weighted by Crippen LogP contribution is -2.38. The lowest BCUT2D eigenvalue weighted by molar-refractivity contribution is -0.120. The largest absolute Gasteiger partial charge is 0.477 e. The van der Waals surface area contributed by atoms with Gasteiger partial charge in [0.15, 0.2) is 0 Å². The van der Waals surface area contributed by atoms with Crippen molar-refractivity contribution in [3.8, 4) is 0 Å². The van der Waals surface area contributed by atoms with Crippen molar-refractivity contribution in [3.63, 3.8) is 0 Å². The summed E-state index contributed by atoms with van der Waals surface area (Å²) in [5.41, 5.74) is -0.107. The Labute approximate surface area is 115 Å². The van der Waals surface area contributed by atoms with E-state index in [2.05, 4.69) is 15.6 Å². The molecule has 0 aromatic carbocycles. The standard InChI is InChI=1S/C12H15N3O5/c1-20-5-4-14-10(16)7-15-11(17)8-2-3-13-9(6-8)12(18)19/h2-3,6H,4-5,7H2,1H3,(H,14,16)(H,15,17)(H,18,19). The zero-order chi connectivity index (χ0) is 15.0. The highest BCUT2D eigenvalue weighted by molar-refractivity contribution is 5.98. The van der Waals surface area contributed by atoms with E-state index in [0.717, 1.165) is 6.07 Å². The van der Waals surface area contributed by atoms with Crippen LogP contribution in [0.25, 0.3) is 0 Å². The fourth-order valence-corrected chi connectivity index (χ4v) is 1.31. The minimum Gasteiger partial charge on any atom is -0.477 e. The lowest BCUT2D eigenvalue weighted by atomic mass is 10.2. The number of hydrogen-bond acceptors (Lipinski definition) is 5. The van der Waals surface area contributed by atoms with Gasteiger partial charge in [0.2, 0.25) is 5.91 Å². The first-order chi connectivity index (χ1) is 9.54. The van der Waals surface area contributed by atoms with Gasteiger partial charge in [-0.05, 0) is 12.1 Å². The van der Waals surface area contributed by atoms with Crippen molar-refractivity contribution in [3.05, 3.63) is 29.6 Å². The molecule has 8 heteroatoms. The van der Waals surface area contributed by atoms with Crippen molar-refractivity contribution in [2.75, 3.05) is 26.8 Å². The Morgan fingerprint density at radius 1 is 1.35 bits per heavy atom. The molecule has 1 aromatic rings. The van der Waals surface area contributed by atoms with E-state index in [0.29, 0.717) is 13.2 Å². The molecule has 0 bridgehead atoms. The summed E-state index contributed by atoms with van der Waals surface area (Å²) in [7, 11) is 1.51. The molecule has 0 spiro atoms. The number of hydrogen-bond donors (Lipinski definition) is 3. The predicted octanol–water partition coefficient (Wildman–Crippen LogP) is -0.728. The van der Waals surface area contributed by atoms with Crippen molar-refractivity contribution in [2.45, 2.75) is 0 Å². The summed E-state index contributed by atoms with van der Waals surface area (Å²) in [6.45, 7) is 0.531. The monoisotopic (exact) mass is 281 g/mol. The van der Waals surface area contributed by atoms with Crippen molar-refractivity contribution in [1.29, 1.82) is 0 Å². The minimum atomic E-state index is -1.23. The average Bonchev–Trinajstić information content (AvgIpc) is 2.45. The molecule has 1 aromatic heterocycles. The Morgan fingerprint density at radius 2 is 2.10 bits per heavy atom. The number of carboxylic acid groups (broad SMARTS) is 1. The van der Waals surface area contributed by atoms with E-state index >= 15 is 0 Å². The number of rotatable bonds is 7. The smallest absolute Gasteiger partial charge is 0.354 e. The SMILES string of the molecule is COCCNC(=O)CNC(=O)c1ccnc(C(=O)O)c1. The van der Waals surface area contributed by atoms with Crippen LogP contribution in [0.4, 0.5) is 0 Å². The number of carbonyl (C=O) groups is 3. The number of carbonyl (C=O) groups excluding carboxylic acids is 2. The molecule has 108 valence electrons. The van der Waals surface area contributed by atoms with Gasteiger partial charge in [-0.1, -0.05) is 0 Å². The molecule has 8 nitrogen and oxygen atoms in total. The zero-order valence-electron chi connectivity index (χ0n) is 10.9. The van der Waals surface area contributed by atoms with E-state index in [-0.39, 0.29) is 23.7 Å². The normalized spacial score (nSPS) is 9.85. The molecule has 0 saturated carbocycles. The summed E-state index contributed by atoms with van der Waals surface area (Å²) in [5.74, 6) is -2.13. The Balaban J connectivity index is 2.48. The number of nitrogens with zero attached hydrogens (tertiary/aromatic N) is 1. The minimum absolute atomic E-state index is 0.127. The predicted molar refractivity (Wildman–Crippen MR) is 68.4 cm³/mol. The second-order valence-corrected chi connectivity index (χ2v) is 3.76. The van der Waals surface area contributed by atoms with Crippen molar-refractivity contribution >= 4 is 17.8 Å². The molecule has 3 N–H and O–H groups in total. The maximum atomic E-state index is 11.7. The summed E-state index contributed by atoms with van der Waals surface area (Å²) in [6.07, 6.45) is 1.22. The number of aromatic carboxylic acids is 1. The highest BCUT2D eigenvalue weighted by Crippen LogP contribution is 2.01. The Bertz CT molecular complexity index is 504. The van der Waals surface area contributed by atoms with Crippen LogP contribution < -0.4 is 10.6 Å². The molecule has 0 atom stereocenters. The lowest BCUT2D eigenvalue weighted by Gasteiger charge is -2.06. The van der Waals surface area contributed by atoms with Crippen LogP contribution in [-0.4, -0.2) is 54.7 Å². The molecule has 1 heterocycles. The van der Waals surface area contributed by atoms with E-state index in [9.17, 15) is 14.4 Å². The molecule has 0 aliphatic carbocycles. The first kappa shape index (κ1) is 15.6. The quantitative estimate of drug-likeness (QED) is 0.567. The van der Waals surface area contributed by atoms with E-state index < -0.39 is 11.9 Å². The first-order valence-corrected chi connectivity index (χ1v) is 5.77. The Morgan fingerprint density at radius 3 is 2.75 bits per heavy atom. The number of pyridine rings is 1. The summed E-state index contributed by atoms with van der Waals surface area (Å²) >= 11 is 0. The maximum Gasteiger partial charge on any atom is 0.354 e. The van der Waals surface area contributed by atoms with Crippen molar-refractivity contribution in [2.24, 2.45) is 0 Å². The van der Waals surface area contributed by atoms with Gasteiger partial charge in [0.1, 0.15) is 5.69 Å². The fourth-order valence-electron chi connectivity index (χ4n) is 1.31. The zero-order valence-corrected chi connectivity index (χ0v) is 10.9. The van der Waals surface area contributed by atoms with Gasteiger partial charge in [0.05, 0.1) is 13.2 Å². The summed E-state index contributed by atoms with van der Waals surface area (Å²) in [4.78, 5) is 37.4. The van der Waals surface area contributed by atoms with Crippen LogP contribution in [0.1, 0.15) is 20.8 Å². The molecule has 0 aliphatic heterocycles. The van der Waals surface area contributed by atoms with E-state index in [4.69, 9.17) is 9.84 Å². The van der Waals surface area contributed by atoms with Gasteiger partial charge in [0.25, 0.3) is 5.91 Å². The molecular formula is C12H15N3O5. The molecule has 0 fully saturated rings. The first-order valence-electron chi connectivity index (χ1n) is 5.77. The Hall–Kier alpha value is -2.48. The van der Waals surface area contributed by atoms with Crippen molar-refractivity contribution < 1.29 is 24.2 Å². The molecule has 0 unspecified atom stereocenters. The number of carboxylic acids is 1. The molecule has 0 aliphatic rings. The third-order valence-corrected chi connectivity index (χ3v) is 2.28. The fraction of sp³-hybridized carbons (Fsp3) is 0.333. The number of amides is 2. The molecular weight excluding hydrogens is 266 g/mol. The second kappa shape index (κ2) is 7.85. The van der Waals surface area contributed by atoms with E-state index in [1.54, 1.807) is 0 Å². The number of aromatic nitrogens is 1. The van der Waals surface area contributed by atoms with Crippen molar-refractivity contribution in [1.82, 2.24) is 15.6 Å². The topological polar surface area (TPSA) is 118 Å². The second-order valence-electron chi connectivity index (χ2n) is 3.76. The molecule has 2 amide bonds. The van der Waals surface area contributed by atoms with Crippen LogP contribution in [0.2, 0.25) is 0 Å².